The third kappa shape index (κ3) is 2.62. The molecule has 0 unspecified atom stereocenters. The maximum atomic E-state index is 11.4. The third-order valence-electron chi connectivity index (χ3n) is 2.92. The first kappa shape index (κ1) is 11.6. The van der Waals surface area contributed by atoms with E-state index >= 15 is 0 Å². The number of rotatable bonds is 5. The molecule has 16 heavy (non-hydrogen) atoms. The van der Waals surface area contributed by atoms with E-state index in [-0.39, 0.29) is 12.1 Å². The summed E-state index contributed by atoms with van der Waals surface area (Å²) in [6, 6.07) is 2.09. The molecule has 1 amide bonds. The summed E-state index contributed by atoms with van der Waals surface area (Å²) in [7, 11) is 0. The molecule has 1 aromatic heterocycles. The minimum atomic E-state index is 0.107. The zero-order valence-electron chi connectivity index (χ0n) is 9.61. The normalized spacial score (nSPS) is 21.3. The van der Waals surface area contributed by atoms with Crippen molar-refractivity contribution in [3.8, 4) is 0 Å². The average Bonchev–Trinajstić information content (AvgIpc) is 2.87. The van der Waals surface area contributed by atoms with E-state index in [1.807, 2.05) is 0 Å². The van der Waals surface area contributed by atoms with Crippen LogP contribution < -0.4 is 5.32 Å². The Bertz CT molecular complexity index is 337. The molecule has 2 heterocycles. The summed E-state index contributed by atoms with van der Waals surface area (Å²) in [5, 5.41) is 7.20. The monoisotopic (exact) mass is 238 g/mol. The molecule has 2 rings (SSSR count). The lowest BCUT2D eigenvalue weighted by molar-refractivity contribution is -0.118. The minimum absolute atomic E-state index is 0.107. The van der Waals surface area contributed by atoms with Gasteiger partial charge in [0.05, 0.1) is 6.54 Å². The Morgan fingerprint density at radius 3 is 3.12 bits per heavy atom. The molecule has 0 saturated carbocycles. The Morgan fingerprint density at radius 1 is 1.56 bits per heavy atom. The molecule has 1 saturated heterocycles. The van der Waals surface area contributed by atoms with Crippen molar-refractivity contribution in [2.75, 3.05) is 13.1 Å². The first-order valence-electron chi connectivity index (χ1n) is 5.86. The quantitative estimate of drug-likeness (QED) is 0.799. The lowest BCUT2D eigenvalue weighted by Gasteiger charge is -2.22. The first-order chi connectivity index (χ1) is 7.81. The van der Waals surface area contributed by atoms with Crippen molar-refractivity contribution < 1.29 is 4.79 Å². The largest absolute Gasteiger partial charge is 0.335 e. The van der Waals surface area contributed by atoms with Crippen LogP contribution in [0.2, 0.25) is 0 Å². The van der Waals surface area contributed by atoms with Crippen LogP contribution in [0.4, 0.5) is 0 Å². The predicted octanol–water partition coefficient (Wildman–Crippen LogP) is 2.37. The molecule has 1 aliphatic heterocycles. The van der Waals surface area contributed by atoms with E-state index in [2.05, 4.69) is 34.0 Å². The molecule has 0 bridgehead atoms. The number of thiophene rings is 1. The van der Waals surface area contributed by atoms with Crippen LogP contribution in [0, 0.1) is 0 Å². The van der Waals surface area contributed by atoms with Crippen LogP contribution in [0.1, 0.15) is 37.9 Å². The van der Waals surface area contributed by atoms with Gasteiger partial charge in [-0.1, -0.05) is 19.8 Å². The maximum absolute atomic E-state index is 11.4. The number of carbonyl (C=O) groups excluding carboxylic acids is 1. The average molecular weight is 238 g/mol. The van der Waals surface area contributed by atoms with Gasteiger partial charge in [-0.2, -0.15) is 11.3 Å². The highest BCUT2D eigenvalue weighted by molar-refractivity contribution is 7.07. The molecule has 4 heteroatoms. The standard InChI is InChI=1S/C12H18N2OS/c1-2-3-4-6-14-8-11(15)13-12(14)10-5-7-16-9-10/h5,7,9,12H,2-4,6,8H2,1H3,(H,13,15)/t12-/m0/s1. The fourth-order valence-corrected chi connectivity index (χ4v) is 2.74. The molecule has 0 aromatic carbocycles. The van der Waals surface area contributed by atoms with E-state index in [1.54, 1.807) is 11.3 Å². The number of nitrogens with one attached hydrogen (secondary N) is 1. The Morgan fingerprint density at radius 2 is 2.44 bits per heavy atom. The second kappa shape index (κ2) is 5.46. The minimum Gasteiger partial charge on any atom is -0.335 e. The molecule has 0 spiro atoms. The van der Waals surface area contributed by atoms with E-state index in [0.29, 0.717) is 6.54 Å². The molecule has 1 aromatic rings. The summed E-state index contributed by atoms with van der Waals surface area (Å²) in [4.78, 5) is 13.7. The van der Waals surface area contributed by atoms with Crippen molar-refractivity contribution in [3.63, 3.8) is 0 Å². The molecule has 3 nitrogen and oxygen atoms in total. The van der Waals surface area contributed by atoms with E-state index in [9.17, 15) is 4.79 Å². The van der Waals surface area contributed by atoms with Gasteiger partial charge in [-0.3, -0.25) is 9.69 Å². The van der Waals surface area contributed by atoms with E-state index < -0.39 is 0 Å². The summed E-state index contributed by atoms with van der Waals surface area (Å²) in [5.74, 6) is 0.146. The molecular weight excluding hydrogens is 220 g/mol. The highest BCUT2D eigenvalue weighted by Gasteiger charge is 2.30. The van der Waals surface area contributed by atoms with Crippen LogP contribution in [0.3, 0.4) is 0 Å². The Hall–Kier alpha value is -0.870. The van der Waals surface area contributed by atoms with Crippen molar-refractivity contribution >= 4 is 17.2 Å². The van der Waals surface area contributed by atoms with Crippen LogP contribution in [-0.2, 0) is 4.79 Å². The van der Waals surface area contributed by atoms with E-state index in [0.717, 1.165) is 6.54 Å². The smallest absolute Gasteiger partial charge is 0.235 e. The summed E-state index contributed by atoms with van der Waals surface area (Å²) in [5.41, 5.74) is 1.22. The number of unbranched alkanes of at least 4 members (excludes halogenated alkanes) is 2. The maximum Gasteiger partial charge on any atom is 0.235 e. The van der Waals surface area contributed by atoms with Crippen molar-refractivity contribution in [2.24, 2.45) is 0 Å². The van der Waals surface area contributed by atoms with Gasteiger partial charge in [-0.25, -0.2) is 0 Å². The van der Waals surface area contributed by atoms with Crippen molar-refractivity contribution in [1.82, 2.24) is 10.2 Å². The zero-order valence-corrected chi connectivity index (χ0v) is 10.4. The van der Waals surface area contributed by atoms with Crippen LogP contribution in [0.25, 0.3) is 0 Å². The molecule has 88 valence electrons. The van der Waals surface area contributed by atoms with Gasteiger partial charge in [0.15, 0.2) is 0 Å². The van der Waals surface area contributed by atoms with Gasteiger partial charge in [-0.05, 0) is 28.8 Å². The second-order valence-electron chi connectivity index (χ2n) is 4.20. The fraction of sp³-hybridized carbons (Fsp3) is 0.583. The van der Waals surface area contributed by atoms with Gasteiger partial charge in [-0.15, -0.1) is 0 Å². The van der Waals surface area contributed by atoms with E-state index in [1.165, 1.54) is 24.8 Å². The molecule has 0 radical (unpaired) electrons. The Balaban J connectivity index is 1.96. The lowest BCUT2D eigenvalue weighted by atomic mass is 10.2. The molecule has 1 aliphatic rings. The molecule has 1 atom stereocenters. The molecule has 0 aliphatic carbocycles. The van der Waals surface area contributed by atoms with Crippen molar-refractivity contribution in [1.29, 1.82) is 0 Å². The topological polar surface area (TPSA) is 32.3 Å². The second-order valence-corrected chi connectivity index (χ2v) is 4.98. The molecule has 1 N–H and O–H groups in total. The number of hydrogen-bond acceptors (Lipinski definition) is 3. The highest BCUT2D eigenvalue weighted by atomic mass is 32.1. The predicted molar refractivity (Wildman–Crippen MR) is 66.3 cm³/mol. The van der Waals surface area contributed by atoms with Gasteiger partial charge in [0.2, 0.25) is 5.91 Å². The van der Waals surface area contributed by atoms with Crippen LogP contribution in [0.5, 0.6) is 0 Å². The number of nitrogens with zero attached hydrogens (tertiary/aromatic N) is 1. The lowest BCUT2D eigenvalue weighted by Crippen LogP contribution is -2.28. The summed E-state index contributed by atoms with van der Waals surface area (Å²) < 4.78 is 0. The van der Waals surface area contributed by atoms with Crippen LogP contribution in [0.15, 0.2) is 16.8 Å². The highest BCUT2D eigenvalue weighted by Crippen LogP contribution is 2.24. The third-order valence-corrected chi connectivity index (χ3v) is 3.62. The Labute approximate surface area is 100 Å². The molecule has 1 fully saturated rings. The SMILES string of the molecule is CCCCCN1CC(=O)N[C@@H]1c1ccsc1. The summed E-state index contributed by atoms with van der Waals surface area (Å²) in [6.45, 7) is 3.75. The van der Waals surface area contributed by atoms with Gasteiger partial charge in [0.1, 0.15) is 6.17 Å². The number of carbonyl (C=O) groups is 1. The number of amides is 1. The Kier molecular flexibility index (Phi) is 3.96. The van der Waals surface area contributed by atoms with Gasteiger partial charge in [0.25, 0.3) is 0 Å². The van der Waals surface area contributed by atoms with Crippen molar-refractivity contribution in [2.45, 2.75) is 32.4 Å². The van der Waals surface area contributed by atoms with E-state index in [4.69, 9.17) is 0 Å². The van der Waals surface area contributed by atoms with Gasteiger partial charge in [0, 0.05) is 6.54 Å². The van der Waals surface area contributed by atoms with Crippen molar-refractivity contribution in [3.05, 3.63) is 22.4 Å². The first-order valence-corrected chi connectivity index (χ1v) is 6.81. The number of hydrogen-bond donors (Lipinski definition) is 1. The van der Waals surface area contributed by atoms with Crippen LogP contribution in [-0.4, -0.2) is 23.9 Å². The van der Waals surface area contributed by atoms with Gasteiger partial charge < -0.3 is 5.32 Å². The van der Waals surface area contributed by atoms with Gasteiger partial charge >= 0.3 is 0 Å². The van der Waals surface area contributed by atoms with Crippen LogP contribution >= 0.6 is 11.3 Å². The zero-order chi connectivity index (χ0) is 11.4. The summed E-state index contributed by atoms with van der Waals surface area (Å²) >= 11 is 1.68. The summed E-state index contributed by atoms with van der Waals surface area (Å²) in [6.07, 6.45) is 3.74. The molecular formula is C12H18N2OS. The fourth-order valence-electron chi connectivity index (χ4n) is 2.06.